The molecule has 0 aliphatic heterocycles. The molecule has 0 heterocycles. The van der Waals surface area contributed by atoms with Gasteiger partial charge in [0.1, 0.15) is 0 Å². The lowest BCUT2D eigenvalue weighted by Crippen LogP contribution is -2.58. The van der Waals surface area contributed by atoms with Gasteiger partial charge < -0.3 is 5.11 Å². The minimum absolute atomic E-state index is 0.0517. The summed E-state index contributed by atoms with van der Waals surface area (Å²) < 4.78 is 14.2. The van der Waals surface area contributed by atoms with E-state index in [0.717, 1.165) is 25.2 Å². The van der Waals surface area contributed by atoms with E-state index in [1.165, 1.54) is 19.3 Å². The summed E-state index contributed by atoms with van der Waals surface area (Å²) in [5.74, 6) is 1.83. The highest BCUT2D eigenvalue weighted by Gasteiger charge is 2.64. The average molecular weight is 322 g/mol. The molecule has 0 radical (unpaired) electrons. The topological polar surface area (TPSA) is 37.3 Å². The standard InChI is InChI=1S/C20H31FO2/c1-11-4-6-19(2)12(8-11)9-16(22)17-13(19)5-7-20(3)14(17)10-15(21)18(20)23/h11-17,22H,4-10H2,1-3H3/t11-,12+,13-,14-,15+,16?,17+,19-,20-/m0/s1. The quantitative estimate of drug-likeness (QED) is 0.727. The molecule has 0 spiro atoms. The van der Waals surface area contributed by atoms with Gasteiger partial charge in [0.05, 0.1) is 6.10 Å². The van der Waals surface area contributed by atoms with E-state index in [-0.39, 0.29) is 29.1 Å². The minimum Gasteiger partial charge on any atom is -0.393 e. The van der Waals surface area contributed by atoms with Gasteiger partial charge in [-0.05, 0) is 73.5 Å². The van der Waals surface area contributed by atoms with Gasteiger partial charge in [-0.3, -0.25) is 4.79 Å². The van der Waals surface area contributed by atoms with Crippen LogP contribution < -0.4 is 0 Å². The van der Waals surface area contributed by atoms with Gasteiger partial charge in [-0.1, -0.05) is 27.2 Å². The van der Waals surface area contributed by atoms with E-state index in [1.54, 1.807) is 0 Å². The van der Waals surface area contributed by atoms with Crippen molar-refractivity contribution in [3.8, 4) is 0 Å². The Hall–Kier alpha value is -0.440. The summed E-state index contributed by atoms with van der Waals surface area (Å²) in [7, 11) is 0. The Balaban J connectivity index is 1.69. The maximum atomic E-state index is 14.2. The number of rotatable bonds is 0. The molecule has 0 bridgehead atoms. The molecule has 0 aromatic carbocycles. The summed E-state index contributed by atoms with van der Waals surface area (Å²) in [6.07, 6.45) is 5.13. The van der Waals surface area contributed by atoms with Crippen molar-refractivity contribution >= 4 is 5.78 Å². The van der Waals surface area contributed by atoms with E-state index in [4.69, 9.17) is 0 Å². The first kappa shape index (κ1) is 16.1. The van der Waals surface area contributed by atoms with Crippen LogP contribution in [0.4, 0.5) is 4.39 Å². The number of carbonyl (C=O) groups excluding carboxylic acids is 1. The maximum Gasteiger partial charge on any atom is 0.173 e. The number of fused-ring (bicyclic) bond motifs is 5. The van der Waals surface area contributed by atoms with Gasteiger partial charge >= 0.3 is 0 Å². The van der Waals surface area contributed by atoms with Gasteiger partial charge in [0, 0.05) is 5.41 Å². The molecule has 130 valence electrons. The predicted molar refractivity (Wildman–Crippen MR) is 87.6 cm³/mol. The van der Waals surface area contributed by atoms with E-state index < -0.39 is 11.6 Å². The van der Waals surface area contributed by atoms with Gasteiger partial charge in [0.25, 0.3) is 0 Å². The second kappa shape index (κ2) is 5.03. The Bertz CT molecular complexity index is 520. The highest BCUT2D eigenvalue weighted by Crippen LogP contribution is 2.66. The van der Waals surface area contributed by atoms with E-state index in [0.29, 0.717) is 18.3 Å². The zero-order chi connectivity index (χ0) is 16.6. The summed E-state index contributed by atoms with van der Waals surface area (Å²) in [4.78, 5) is 12.4. The third-order valence-electron chi connectivity index (χ3n) is 8.64. The molecule has 9 atom stereocenters. The van der Waals surface area contributed by atoms with Crippen LogP contribution in [0.25, 0.3) is 0 Å². The van der Waals surface area contributed by atoms with Crippen LogP contribution in [0.1, 0.15) is 65.7 Å². The number of alkyl halides is 1. The molecule has 23 heavy (non-hydrogen) atoms. The van der Waals surface area contributed by atoms with Crippen molar-refractivity contribution < 1.29 is 14.3 Å². The SMILES string of the molecule is C[C@H]1CC[C@@]2(C)[C@@H](CC(O)[C@@H]3[C@@H]2CC[C@]2(C)C(=O)[C@H](F)C[C@@H]32)C1. The Morgan fingerprint density at radius 1 is 1.09 bits per heavy atom. The van der Waals surface area contributed by atoms with Crippen LogP contribution in [-0.2, 0) is 4.79 Å². The van der Waals surface area contributed by atoms with Crippen LogP contribution in [0.15, 0.2) is 0 Å². The lowest BCUT2D eigenvalue weighted by atomic mass is 9.44. The van der Waals surface area contributed by atoms with Gasteiger partial charge in [-0.15, -0.1) is 0 Å². The molecule has 4 saturated carbocycles. The van der Waals surface area contributed by atoms with Gasteiger partial charge in [-0.2, -0.15) is 0 Å². The van der Waals surface area contributed by atoms with Crippen molar-refractivity contribution in [1.82, 2.24) is 0 Å². The molecule has 4 rings (SSSR count). The zero-order valence-corrected chi connectivity index (χ0v) is 14.7. The molecule has 0 aromatic heterocycles. The van der Waals surface area contributed by atoms with Crippen LogP contribution in [0, 0.1) is 40.4 Å². The first-order chi connectivity index (χ1) is 10.8. The maximum absolute atomic E-state index is 14.2. The second-order valence-electron chi connectivity index (χ2n) is 9.70. The van der Waals surface area contributed by atoms with E-state index >= 15 is 0 Å². The van der Waals surface area contributed by atoms with Crippen LogP contribution in [-0.4, -0.2) is 23.2 Å². The van der Waals surface area contributed by atoms with E-state index in [9.17, 15) is 14.3 Å². The molecule has 4 fully saturated rings. The second-order valence-corrected chi connectivity index (χ2v) is 9.70. The van der Waals surface area contributed by atoms with Crippen molar-refractivity contribution in [2.24, 2.45) is 40.4 Å². The third-order valence-corrected chi connectivity index (χ3v) is 8.64. The van der Waals surface area contributed by atoms with Crippen LogP contribution in [0.3, 0.4) is 0 Å². The number of Topliss-reactive ketones (excluding diaryl/α,β-unsaturated/α-hetero) is 1. The monoisotopic (exact) mass is 322 g/mol. The number of aliphatic hydroxyl groups excluding tert-OH is 1. The number of hydrogen-bond donors (Lipinski definition) is 1. The molecule has 2 nitrogen and oxygen atoms in total. The van der Waals surface area contributed by atoms with E-state index in [1.807, 2.05) is 6.92 Å². The Morgan fingerprint density at radius 3 is 2.57 bits per heavy atom. The molecule has 0 amide bonds. The zero-order valence-electron chi connectivity index (χ0n) is 14.7. The molecule has 0 aromatic rings. The van der Waals surface area contributed by atoms with E-state index in [2.05, 4.69) is 13.8 Å². The highest BCUT2D eigenvalue weighted by molar-refractivity contribution is 5.91. The van der Waals surface area contributed by atoms with Crippen molar-refractivity contribution in [1.29, 1.82) is 0 Å². The molecule has 1 unspecified atom stereocenters. The third kappa shape index (κ3) is 2.04. The van der Waals surface area contributed by atoms with Crippen LogP contribution in [0.2, 0.25) is 0 Å². The number of ketones is 1. The largest absolute Gasteiger partial charge is 0.393 e. The Kier molecular flexibility index (Phi) is 3.51. The van der Waals surface area contributed by atoms with Crippen molar-refractivity contribution in [3.63, 3.8) is 0 Å². The molecule has 0 saturated heterocycles. The number of halogens is 1. The van der Waals surface area contributed by atoms with Gasteiger partial charge in [-0.25, -0.2) is 4.39 Å². The Morgan fingerprint density at radius 2 is 1.83 bits per heavy atom. The predicted octanol–water partition coefficient (Wildman–Crippen LogP) is 4.15. The van der Waals surface area contributed by atoms with Gasteiger partial charge in [0.2, 0.25) is 0 Å². The molecule has 3 heteroatoms. The normalized spacial score (nSPS) is 59.2. The number of aliphatic hydroxyl groups is 1. The minimum atomic E-state index is -1.30. The van der Waals surface area contributed by atoms with Crippen molar-refractivity contribution in [3.05, 3.63) is 0 Å². The summed E-state index contributed by atoms with van der Waals surface area (Å²) in [5, 5.41) is 10.9. The summed E-state index contributed by atoms with van der Waals surface area (Å²) in [5.41, 5.74) is -0.234. The number of carbonyl (C=O) groups is 1. The molecular weight excluding hydrogens is 291 g/mol. The van der Waals surface area contributed by atoms with Crippen LogP contribution >= 0.6 is 0 Å². The smallest absolute Gasteiger partial charge is 0.173 e. The summed E-state index contributed by atoms with van der Waals surface area (Å²) >= 11 is 0. The lowest BCUT2D eigenvalue weighted by Gasteiger charge is -2.61. The average Bonchev–Trinajstić information content (AvgIpc) is 2.73. The van der Waals surface area contributed by atoms with Crippen molar-refractivity contribution in [2.75, 3.05) is 0 Å². The molecule has 1 N–H and O–H groups in total. The molecular formula is C20H31FO2. The molecule has 4 aliphatic carbocycles. The highest BCUT2D eigenvalue weighted by atomic mass is 19.1. The fourth-order valence-corrected chi connectivity index (χ4v) is 7.19. The lowest BCUT2D eigenvalue weighted by molar-refractivity contribution is -0.166. The number of hydrogen-bond acceptors (Lipinski definition) is 2. The fourth-order valence-electron chi connectivity index (χ4n) is 7.19. The first-order valence-corrected chi connectivity index (χ1v) is 9.64. The first-order valence-electron chi connectivity index (χ1n) is 9.64. The Labute approximate surface area is 139 Å². The summed E-state index contributed by atoms with van der Waals surface area (Å²) in [6, 6.07) is 0. The van der Waals surface area contributed by atoms with Gasteiger partial charge in [0.15, 0.2) is 12.0 Å². The fraction of sp³-hybridized carbons (Fsp3) is 0.950. The van der Waals surface area contributed by atoms with Crippen LogP contribution in [0.5, 0.6) is 0 Å². The molecule has 4 aliphatic rings. The summed E-state index contributed by atoms with van der Waals surface area (Å²) in [6.45, 7) is 6.73. The van der Waals surface area contributed by atoms with Crippen molar-refractivity contribution in [2.45, 2.75) is 78.0 Å².